The van der Waals surface area contributed by atoms with E-state index in [1.54, 1.807) is 48.7 Å². The number of hydrogen-bond acceptors (Lipinski definition) is 5. The van der Waals surface area contributed by atoms with E-state index in [0.29, 0.717) is 28.5 Å². The summed E-state index contributed by atoms with van der Waals surface area (Å²) in [6.07, 6.45) is 1.54. The van der Waals surface area contributed by atoms with Crippen molar-refractivity contribution < 1.29 is 14.1 Å². The number of carbonyl (C=O) groups excluding carboxylic acids is 1. The molecule has 0 saturated carbocycles. The first kappa shape index (κ1) is 18.3. The molecule has 0 radical (unpaired) electrons. The Morgan fingerprint density at radius 2 is 1.93 bits per heavy atom. The molecule has 0 saturated heterocycles. The normalized spacial score (nSPS) is 10.9. The van der Waals surface area contributed by atoms with Gasteiger partial charge in [0, 0.05) is 24.2 Å². The van der Waals surface area contributed by atoms with Crippen LogP contribution >= 0.6 is 11.6 Å². The number of nitro benzene ring substituents is 1. The van der Waals surface area contributed by atoms with Gasteiger partial charge in [0.1, 0.15) is 16.5 Å². The Morgan fingerprint density at radius 3 is 2.59 bits per heavy atom. The SMILES string of the molecule is CC(=O)Nc1ccc(N=Cc2ccc(-c3ccc(Cl)c([N+](=O)[O-])c3)o2)cc1. The summed E-state index contributed by atoms with van der Waals surface area (Å²) in [5, 5.41) is 13.7. The average Bonchev–Trinajstić information content (AvgIpc) is 3.10. The van der Waals surface area contributed by atoms with Crippen LogP contribution in [0.25, 0.3) is 11.3 Å². The first-order valence-corrected chi connectivity index (χ1v) is 8.26. The molecule has 0 fully saturated rings. The highest BCUT2D eigenvalue weighted by Gasteiger charge is 2.15. The van der Waals surface area contributed by atoms with Gasteiger partial charge >= 0.3 is 0 Å². The molecular formula is C19H14ClN3O4. The Bertz CT molecular complexity index is 1030. The van der Waals surface area contributed by atoms with E-state index in [9.17, 15) is 14.9 Å². The summed E-state index contributed by atoms with van der Waals surface area (Å²) in [5.41, 5.74) is 1.74. The smallest absolute Gasteiger partial charge is 0.288 e. The Kier molecular flexibility index (Phi) is 5.33. The Morgan fingerprint density at radius 1 is 1.19 bits per heavy atom. The molecule has 0 aliphatic carbocycles. The second-order valence-electron chi connectivity index (χ2n) is 5.61. The molecule has 3 aromatic rings. The summed E-state index contributed by atoms with van der Waals surface area (Å²) in [5.74, 6) is 0.822. The van der Waals surface area contributed by atoms with E-state index in [-0.39, 0.29) is 16.6 Å². The number of benzene rings is 2. The topological polar surface area (TPSA) is 97.7 Å². The zero-order chi connectivity index (χ0) is 19.4. The molecule has 3 rings (SSSR count). The number of nitro groups is 1. The molecule has 1 aromatic heterocycles. The van der Waals surface area contributed by atoms with E-state index in [2.05, 4.69) is 10.3 Å². The molecule has 0 unspecified atom stereocenters. The van der Waals surface area contributed by atoms with Crippen molar-refractivity contribution in [2.24, 2.45) is 4.99 Å². The van der Waals surface area contributed by atoms with Gasteiger partial charge in [-0.2, -0.15) is 0 Å². The predicted octanol–water partition coefficient (Wildman–Crippen LogP) is 5.22. The van der Waals surface area contributed by atoms with Crippen molar-refractivity contribution in [3.8, 4) is 11.3 Å². The first-order chi connectivity index (χ1) is 12.9. The zero-order valence-corrected chi connectivity index (χ0v) is 14.9. The van der Waals surface area contributed by atoms with Crippen LogP contribution in [0, 0.1) is 10.1 Å². The van der Waals surface area contributed by atoms with Crippen LogP contribution in [0.5, 0.6) is 0 Å². The van der Waals surface area contributed by atoms with Gasteiger partial charge in [-0.1, -0.05) is 11.6 Å². The highest BCUT2D eigenvalue weighted by Crippen LogP contribution is 2.31. The average molecular weight is 384 g/mol. The zero-order valence-electron chi connectivity index (χ0n) is 14.2. The van der Waals surface area contributed by atoms with E-state index >= 15 is 0 Å². The molecule has 2 aromatic carbocycles. The second-order valence-corrected chi connectivity index (χ2v) is 6.02. The van der Waals surface area contributed by atoms with Crippen molar-refractivity contribution >= 4 is 40.8 Å². The molecule has 0 aliphatic rings. The number of amides is 1. The van der Waals surface area contributed by atoms with Gasteiger partial charge in [-0.15, -0.1) is 0 Å². The van der Waals surface area contributed by atoms with Gasteiger partial charge < -0.3 is 9.73 Å². The van der Waals surface area contributed by atoms with Crippen LogP contribution in [0.15, 0.2) is 64.0 Å². The van der Waals surface area contributed by atoms with Crippen molar-refractivity contribution in [3.05, 3.63) is 75.5 Å². The highest BCUT2D eigenvalue weighted by atomic mass is 35.5. The number of rotatable bonds is 5. The molecule has 0 atom stereocenters. The van der Waals surface area contributed by atoms with Gasteiger partial charge in [-0.25, -0.2) is 0 Å². The number of furan rings is 1. The summed E-state index contributed by atoms with van der Waals surface area (Å²) < 4.78 is 5.67. The van der Waals surface area contributed by atoms with Gasteiger partial charge in [0.05, 0.1) is 16.8 Å². The minimum Gasteiger partial charge on any atom is -0.455 e. The fraction of sp³-hybridized carbons (Fsp3) is 0.0526. The molecule has 1 heterocycles. The van der Waals surface area contributed by atoms with E-state index in [1.165, 1.54) is 19.1 Å². The molecule has 0 bridgehead atoms. The fourth-order valence-electron chi connectivity index (χ4n) is 2.36. The van der Waals surface area contributed by atoms with E-state index in [0.717, 1.165) is 0 Å². The monoisotopic (exact) mass is 383 g/mol. The molecule has 0 spiro atoms. The molecule has 1 N–H and O–H groups in total. The highest BCUT2D eigenvalue weighted by molar-refractivity contribution is 6.32. The lowest BCUT2D eigenvalue weighted by Crippen LogP contribution is -2.04. The lowest BCUT2D eigenvalue weighted by Gasteiger charge is -2.01. The molecule has 7 nitrogen and oxygen atoms in total. The molecular weight excluding hydrogens is 370 g/mol. The molecule has 27 heavy (non-hydrogen) atoms. The van der Waals surface area contributed by atoms with E-state index in [4.69, 9.17) is 16.0 Å². The maximum Gasteiger partial charge on any atom is 0.288 e. The maximum absolute atomic E-state index is 11.0. The standard InChI is InChI=1S/C19H14ClN3O4/c1-12(24)22-15-5-3-14(4-6-15)21-11-16-7-9-19(27-16)13-2-8-17(20)18(10-13)23(25)26/h2-11H,1H3,(H,22,24). The number of nitrogens with one attached hydrogen (secondary N) is 1. The lowest BCUT2D eigenvalue weighted by molar-refractivity contribution is -0.384. The van der Waals surface area contributed by atoms with Crippen LogP contribution < -0.4 is 5.32 Å². The Labute approximate surface area is 159 Å². The molecule has 1 amide bonds. The van der Waals surface area contributed by atoms with Crippen LogP contribution in [0.3, 0.4) is 0 Å². The number of nitrogens with zero attached hydrogens (tertiary/aromatic N) is 2. The predicted molar refractivity (Wildman–Crippen MR) is 104 cm³/mol. The van der Waals surface area contributed by atoms with Crippen molar-refractivity contribution in [2.45, 2.75) is 6.92 Å². The summed E-state index contributed by atoms with van der Waals surface area (Å²) in [6, 6.07) is 14.9. The van der Waals surface area contributed by atoms with Crippen molar-refractivity contribution in [2.75, 3.05) is 5.32 Å². The number of aliphatic imine (C=N–C) groups is 1. The van der Waals surface area contributed by atoms with Gasteiger partial charge in [0.15, 0.2) is 0 Å². The number of halogens is 1. The van der Waals surface area contributed by atoms with Gasteiger partial charge in [-0.05, 0) is 48.5 Å². The van der Waals surface area contributed by atoms with E-state index in [1.807, 2.05) is 0 Å². The minimum absolute atomic E-state index is 0.0693. The minimum atomic E-state index is -0.540. The van der Waals surface area contributed by atoms with Gasteiger partial charge in [-0.3, -0.25) is 19.9 Å². The van der Waals surface area contributed by atoms with Gasteiger partial charge in [0.2, 0.25) is 5.91 Å². The number of hydrogen-bond donors (Lipinski definition) is 1. The second kappa shape index (κ2) is 7.84. The molecule has 0 aliphatic heterocycles. The van der Waals surface area contributed by atoms with Crippen LogP contribution in [0.1, 0.15) is 12.7 Å². The summed E-state index contributed by atoms with van der Waals surface area (Å²) in [6.45, 7) is 1.44. The Hall–Kier alpha value is -3.45. The fourth-order valence-corrected chi connectivity index (χ4v) is 2.54. The maximum atomic E-state index is 11.0. The van der Waals surface area contributed by atoms with E-state index < -0.39 is 4.92 Å². The van der Waals surface area contributed by atoms with Crippen LogP contribution in [-0.4, -0.2) is 17.0 Å². The first-order valence-electron chi connectivity index (χ1n) is 7.88. The molecule has 8 heteroatoms. The van der Waals surface area contributed by atoms with Crippen molar-refractivity contribution in [3.63, 3.8) is 0 Å². The van der Waals surface area contributed by atoms with Crippen LogP contribution in [0.2, 0.25) is 5.02 Å². The van der Waals surface area contributed by atoms with Crippen molar-refractivity contribution in [1.29, 1.82) is 0 Å². The van der Waals surface area contributed by atoms with Crippen LogP contribution in [-0.2, 0) is 4.79 Å². The molecule has 136 valence electrons. The quantitative estimate of drug-likeness (QED) is 0.371. The van der Waals surface area contributed by atoms with Crippen molar-refractivity contribution in [1.82, 2.24) is 0 Å². The summed E-state index contributed by atoms with van der Waals surface area (Å²) in [7, 11) is 0. The summed E-state index contributed by atoms with van der Waals surface area (Å²) in [4.78, 5) is 25.8. The number of anilines is 1. The summed E-state index contributed by atoms with van der Waals surface area (Å²) >= 11 is 5.82. The lowest BCUT2D eigenvalue weighted by atomic mass is 10.1. The third kappa shape index (κ3) is 4.59. The van der Waals surface area contributed by atoms with Gasteiger partial charge in [0.25, 0.3) is 5.69 Å². The third-order valence-electron chi connectivity index (χ3n) is 3.58. The Balaban J connectivity index is 1.76. The number of carbonyl (C=O) groups is 1. The largest absolute Gasteiger partial charge is 0.455 e. The van der Waals surface area contributed by atoms with Crippen LogP contribution in [0.4, 0.5) is 17.1 Å². The third-order valence-corrected chi connectivity index (χ3v) is 3.90.